The monoisotopic (exact) mass is 415 g/mol. The van der Waals surface area contributed by atoms with Crippen LogP contribution in [0.25, 0.3) is 0 Å². The average molecular weight is 416 g/mol. The number of hydrogen-bond acceptors (Lipinski definition) is 4. The minimum atomic E-state index is -3.25. The molecule has 1 aromatic rings. The Kier molecular flexibility index (Phi) is 4.53. The van der Waals surface area contributed by atoms with Gasteiger partial charge in [0.1, 0.15) is 5.75 Å². The summed E-state index contributed by atoms with van der Waals surface area (Å²) in [5.41, 5.74) is 0.453. The molecule has 5 nitrogen and oxygen atoms in total. The molecule has 1 heterocycles. The van der Waals surface area contributed by atoms with Crippen LogP contribution in [0.15, 0.2) is 35.7 Å². The van der Waals surface area contributed by atoms with Crippen molar-refractivity contribution in [3.8, 4) is 5.75 Å². The number of carbonyl (C=O) groups excluding carboxylic acids is 1. The smallest absolute Gasteiger partial charge is 0.233 e. The topological polar surface area (TPSA) is 63.7 Å². The molecule has 6 rings (SSSR count). The zero-order valence-electron chi connectivity index (χ0n) is 16.9. The van der Waals surface area contributed by atoms with E-state index in [2.05, 4.69) is 0 Å². The minimum Gasteiger partial charge on any atom is -0.494 e. The maximum atomic E-state index is 14.1. The maximum Gasteiger partial charge on any atom is 0.233 e. The summed E-state index contributed by atoms with van der Waals surface area (Å²) in [4.78, 5) is 15.9. The van der Waals surface area contributed by atoms with Crippen LogP contribution in [0.2, 0.25) is 0 Å². The lowest BCUT2D eigenvalue weighted by molar-refractivity contribution is -0.143. The summed E-state index contributed by atoms with van der Waals surface area (Å²) in [5.74, 6) is 2.85. The first-order valence-electron chi connectivity index (χ1n) is 10.8. The van der Waals surface area contributed by atoms with Gasteiger partial charge in [-0.25, -0.2) is 8.42 Å². The van der Waals surface area contributed by atoms with Crippen LogP contribution in [-0.4, -0.2) is 32.7 Å². The molecule has 29 heavy (non-hydrogen) atoms. The van der Waals surface area contributed by atoms with Gasteiger partial charge in [-0.3, -0.25) is 4.79 Å². The molecular weight excluding hydrogens is 386 g/mol. The zero-order valence-corrected chi connectivity index (χ0v) is 17.7. The van der Waals surface area contributed by atoms with Crippen LogP contribution >= 0.6 is 0 Å². The number of anilines is 1. The van der Waals surface area contributed by atoms with Gasteiger partial charge in [0.25, 0.3) is 0 Å². The Morgan fingerprint density at radius 2 is 1.66 bits per heavy atom. The fourth-order valence-electron chi connectivity index (χ4n) is 6.68. The van der Waals surface area contributed by atoms with Gasteiger partial charge in [-0.1, -0.05) is 0 Å². The molecule has 4 saturated carbocycles. The summed E-state index contributed by atoms with van der Waals surface area (Å²) in [5, 5.41) is 1.27. The van der Waals surface area contributed by atoms with Crippen LogP contribution < -0.4 is 9.64 Å². The molecule has 1 aliphatic heterocycles. The fraction of sp³-hybridized carbons (Fsp3) is 0.609. The largest absolute Gasteiger partial charge is 0.494 e. The van der Waals surface area contributed by atoms with Crippen molar-refractivity contribution in [3.63, 3.8) is 0 Å². The summed E-state index contributed by atoms with van der Waals surface area (Å²) in [6, 6.07) is 7.08. The van der Waals surface area contributed by atoms with E-state index in [-0.39, 0.29) is 17.1 Å². The van der Waals surface area contributed by atoms with Crippen LogP contribution in [0.3, 0.4) is 0 Å². The quantitative estimate of drug-likeness (QED) is 0.731. The van der Waals surface area contributed by atoms with E-state index < -0.39 is 15.9 Å². The number of ether oxygens (including phenoxy) is 1. The van der Waals surface area contributed by atoms with Crippen molar-refractivity contribution in [2.45, 2.75) is 51.5 Å². The van der Waals surface area contributed by atoms with Gasteiger partial charge in [-0.05, 0) is 93.5 Å². The highest BCUT2D eigenvalue weighted by Crippen LogP contribution is 2.61. The standard InChI is InChI=1S/C23H29NO4S/c1-2-28-21-5-3-19(4-6-21)24(20-7-8-29(26,27)15-20)22(25)23-12-16-9-17(13-23)11-18(10-16)14-23/h3-8,16-18,20H,2,9-15H2,1H3. The maximum absolute atomic E-state index is 14.1. The van der Waals surface area contributed by atoms with E-state index in [9.17, 15) is 13.2 Å². The van der Waals surface area contributed by atoms with Gasteiger partial charge >= 0.3 is 0 Å². The minimum absolute atomic E-state index is 0.0294. The molecular formula is C23H29NO4S. The van der Waals surface area contributed by atoms with Crippen LogP contribution in [0.5, 0.6) is 5.75 Å². The third-order valence-corrected chi connectivity index (χ3v) is 8.76. The number of sulfone groups is 1. The molecule has 1 unspecified atom stereocenters. The molecule has 4 fully saturated rings. The number of nitrogens with zero attached hydrogens (tertiary/aromatic N) is 1. The first kappa shape index (κ1) is 19.2. The third kappa shape index (κ3) is 3.39. The lowest BCUT2D eigenvalue weighted by Crippen LogP contribution is -2.57. The molecule has 4 aliphatic carbocycles. The van der Waals surface area contributed by atoms with Crippen molar-refractivity contribution in [3.05, 3.63) is 35.7 Å². The van der Waals surface area contributed by atoms with E-state index in [0.717, 1.165) is 30.7 Å². The van der Waals surface area contributed by atoms with Gasteiger partial charge in [0, 0.05) is 11.1 Å². The molecule has 1 atom stereocenters. The molecule has 156 valence electrons. The van der Waals surface area contributed by atoms with E-state index >= 15 is 0 Å². The van der Waals surface area contributed by atoms with E-state index in [1.165, 1.54) is 24.7 Å². The number of amides is 1. The van der Waals surface area contributed by atoms with E-state index in [1.807, 2.05) is 31.2 Å². The van der Waals surface area contributed by atoms with E-state index in [1.54, 1.807) is 11.0 Å². The Balaban J connectivity index is 1.50. The van der Waals surface area contributed by atoms with Gasteiger partial charge < -0.3 is 9.64 Å². The summed E-state index contributed by atoms with van der Waals surface area (Å²) >= 11 is 0. The highest BCUT2D eigenvalue weighted by Gasteiger charge is 2.56. The Hall–Kier alpha value is -1.82. The van der Waals surface area contributed by atoms with Gasteiger partial charge in [-0.15, -0.1) is 0 Å². The van der Waals surface area contributed by atoms with Crippen molar-refractivity contribution in [1.29, 1.82) is 0 Å². The summed E-state index contributed by atoms with van der Waals surface area (Å²) in [7, 11) is -3.25. The van der Waals surface area contributed by atoms with Crippen LogP contribution in [0.4, 0.5) is 5.69 Å². The van der Waals surface area contributed by atoms with Gasteiger partial charge in [0.2, 0.25) is 5.91 Å². The van der Waals surface area contributed by atoms with Crippen molar-refractivity contribution >= 4 is 21.4 Å². The first-order chi connectivity index (χ1) is 13.9. The Labute approximate surface area is 173 Å². The molecule has 0 N–H and O–H groups in total. The molecule has 4 bridgehead atoms. The van der Waals surface area contributed by atoms with Gasteiger partial charge in [0.05, 0.1) is 23.8 Å². The molecule has 0 saturated heterocycles. The lowest BCUT2D eigenvalue weighted by atomic mass is 9.49. The highest BCUT2D eigenvalue weighted by atomic mass is 32.2. The summed E-state index contributed by atoms with van der Waals surface area (Å²) in [6.45, 7) is 2.52. The summed E-state index contributed by atoms with van der Waals surface area (Å²) in [6.07, 6.45) is 8.40. The predicted octanol–water partition coefficient (Wildman–Crippen LogP) is 3.95. The van der Waals surface area contributed by atoms with E-state index in [0.29, 0.717) is 24.4 Å². The van der Waals surface area contributed by atoms with Crippen molar-refractivity contribution in [1.82, 2.24) is 0 Å². The van der Waals surface area contributed by atoms with Crippen molar-refractivity contribution in [2.24, 2.45) is 23.2 Å². The fourth-order valence-corrected chi connectivity index (χ4v) is 7.95. The average Bonchev–Trinajstić information content (AvgIpc) is 3.02. The van der Waals surface area contributed by atoms with Crippen molar-refractivity contribution < 1.29 is 17.9 Å². The number of carbonyl (C=O) groups is 1. The Bertz CT molecular complexity index is 899. The normalized spacial score (nSPS) is 36.3. The van der Waals surface area contributed by atoms with Gasteiger partial charge in [0.15, 0.2) is 9.84 Å². The molecule has 0 radical (unpaired) electrons. The Morgan fingerprint density at radius 3 is 2.14 bits per heavy atom. The van der Waals surface area contributed by atoms with Gasteiger partial charge in [-0.2, -0.15) is 0 Å². The number of hydrogen-bond donors (Lipinski definition) is 0. The molecule has 0 aromatic heterocycles. The number of benzene rings is 1. The SMILES string of the molecule is CCOc1ccc(N(C(=O)C23CC4CC(CC(C4)C2)C3)C2C=CS(=O)(=O)C2)cc1. The van der Waals surface area contributed by atoms with Crippen LogP contribution in [0, 0.1) is 23.2 Å². The third-order valence-electron chi connectivity index (χ3n) is 7.38. The Morgan fingerprint density at radius 1 is 1.07 bits per heavy atom. The first-order valence-corrected chi connectivity index (χ1v) is 12.6. The van der Waals surface area contributed by atoms with Crippen LogP contribution in [0.1, 0.15) is 45.4 Å². The summed E-state index contributed by atoms with van der Waals surface area (Å²) < 4.78 is 29.8. The highest BCUT2D eigenvalue weighted by molar-refractivity contribution is 7.94. The second kappa shape index (κ2) is 6.86. The molecule has 0 spiro atoms. The number of rotatable bonds is 5. The molecule has 1 aromatic carbocycles. The molecule has 6 heteroatoms. The second-order valence-electron chi connectivity index (χ2n) is 9.53. The molecule has 5 aliphatic rings. The molecule has 1 amide bonds. The zero-order chi connectivity index (χ0) is 20.2. The van der Waals surface area contributed by atoms with Crippen molar-refractivity contribution in [2.75, 3.05) is 17.3 Å². The predicted molar refractivity (Wildman–Crippen MR) is 112 cm³/mol. The van der Waals surface area contributed by atoms with Crippen LogP contribution in [-0.2, 0) is 14.6 Å². The lowest BCUT2D eigenvalue weighted by Gasteiger charge is -2.57. The second-order valence-corrected chi connectivity index (χ2v) is 11.5. The van der Waals surface area contributed by atoms with E-state index in [4.69, 9.17) is 4.74 Å².